The van der Waals surface area contributed by atoms with Crippen LogP contribution in [0.4, 0.5) is 17.1 Å². The molecule has 0 spiro atoms. The zero-order valence-corrected chi connectivity index (χ0v) is 19.0. The van der Waals surface area contributed by atoms with Gasteiger partial charge in [-0.2, -0.15) is 0 Å². The maximum Gasteiger partial charge on any atom is 0.338 e. The summed E-state index contributed by atoms with van der Waals surface area (Å²) in [6.45, 7) is 4.28. The quantitative estimate of drug-likeness (QED) is 0.470. The molecular formula is C22H25N3O7S. The fraction of sp³-hybridized carbons (Fsp3) is 0.318. The zero-order valence-electron chi connectivity index (χ0n) is 18.2. The molecule has 1 heterocycles. The van der Waals surface area contributed by atoms with Crippen LogP contribution in [0.5, 0.6) is 0 Å². The van der Waals surface area contributed by atoms with Gasteiger partial charge in [0.25, 0.3) is 10.0 Å². The Bertz CT molecular complexity index is 1160. The van der Waals surface area contributed by atoms with Crippen LogP contribution in [0.15, 0.2) is 47.4 Å². The molecule has 1 amide bonds. The number of carbonyl (C=O) groups excluding carboxylic acids is 2. The summed E-state index contributed by atoms with van der Waals surface area (Å²) in [6.07, 6.45) is -0.0963. The van der Waals surface area contributed by atoms with Crippen LogP contribution in [0.25, 0.3) is 0 Å². The Morgan fingerprint density at radius 2 is 1.82 bits per heavy atom. The molecule has 11 heteroatoms. The van der Waals surface area contributed by atoms with Gasteiger partial charge in [0.05, 0.1) is 34.4 Å². The Kier molecular flexibility index (Phi) is 7.22. The lowest BCUT2D eigenvalue weighted by Crippen LogP contribution is -2.25. The van der Waals surface area contributed by atoms with E-state index in [1.807, 2.05) is 6.92 Å². The summed E-state index contributed by atoms with van der Waals surface area (Å²) in [7, 11) is -4.03. The first-order chi connectivity index (χ1) is 15.7. The topological polar surface area (TPSA) is 142 Å². The van der Waals surface area contributed by atoms with E-state index < -0.39 is 27.9 Å². The molecule has 0 aliphatic carbocycles. The number of ether oxygens (including phenoxy) is 1. The van der Waals surface area contributed by atoms with E-state index >= 15 is 0 Å². The molecule has 10 nitrogen and oxygen atoms in total. The molecule has 0 saturated carbocycles. The maximum absolute atomic E-state index is 13.0. The Morgan fingerprint density at radius 3 is 2.39 bits per heavy atom. The van der Waals surface area contributed by atoms with E-state index in [0.29, 0.717) is 17.9 Å². The minimum atomic E-state index is -4.03. The van der Waals surface area contributed by atoms with Gasteiger partial charge >= 0.3 is 11.9 Å². The van der Waals surface area contributed by atoms with Crippen molar-refractivity contribution in [1.82, 2.24) is 0 Å². The van der Waals surface area contributed by atoms with Crippen LogP contribution in [0.1, 0.15) is 30.6 Å². The van der Waals surface area contributed by atoms with E-state index in [1.165, 1.54) is 35.2 Å². The van der Waals surface area contributed by atoms with Gasteiger partial charge in [-0.15, -0.1) is 0 Å². The van der Waals surface area contributed by atoms with Crippen molar-refractivity contribution in [2.45, 2.75) is 25.2 Å². The molecule has 3 N–H and O–H groups in total. The number of nitrogens with one attached hydrogen (secondary N) is 2. The largest absolute Gasteiger partial charge is 0.481 e. The molecular weight excluding hydrogens is 450 g/mol. The summed E-state index contributed by atoms with van der Waals surface area (Å²) in [5.41, 5.74) is 1.30. The Hall–Kier alpha value is -3.60. The minimum absolute atomic E-state index is 0.0329. The van der Waals surface area contributed by atoms with Crippen LogP contribution < -0.4 is 14.9 Å². The van der Waals surface area contributed by atoms with Crippen molar-refractivity contribution in [2.75, 3.05) is 34.6 Å². The van der Waals surface area contributed by atoms with Crippen molar-refractivity contribution in [3.05, 3.63) is 48.0 Å². The first-order valence-corrected chi connectivity index (χ1v) is 11.9. The third kappa shape index (κ3) is 5.43. The number of sulfonamides is 1. The predicted molar refractivity (Wildman–Crippen MR) is 122 cm³/mol. The van der Waals surface area contributed by atoms with Crippen LogP contribution in [0.3, 0.4) is 0 Å². The summed E-state index contributed by atoms with van der Waals surface area (Å²) in [5.74, 6) is -2.74. The molecule has 0 radical (unpaired) electrons. The van der Waals surface area contributed by atoms with Gasteiger partial charge in [-0.3, -0.25) is 14.3 Å². The van der Waals surface area contributed by atoms with Gasteiger partial charge in [-0.25, -0.2) is 13.2 Å². The highest BCUT2D eigenvalue weighted by atomic mass is 32.2. The number of amides is 1. The molecule has 0 bridgehead atoms. The molecule has 33 heavy (non-hydrogen) atoms. The highest BCUT2D eigenvalue weighted by molar-refractivity contribution is 7.92. The monoisotopic (exact) mass is 475 g/mol. The average Bonchev–Trinajstić information content (AvgIpc) is 3.17. The number of hydrogen-bond donors (Lipinski definition) is 3. The molecule has 1 fully saturated rings. The maximum atomic E-state index is 13.0. The number of rotatable bonds is 9. The Morgan fingerprint density at radius 1 is 1.12 bits per heavy atom. The highest BCUT2D eigenvalue weighted by Gasteiger charge is 2.35. The second kappa shape index (κ2) is 9.90. The normalized spacial score (nSPS) is 15.9. The zero-order chi connectivity index (χ0) is 24.2. The van der Waals surface area contributed by atoms with E-state index in [2.05, 4.69) is 10.0 Å². The van der Waals surface area contributed by atoms with Crippen molar-refractivity contribution >= 4 is 44.9 Å². The van der Waals surface area contributed by atoms with Gasteiger partial charge in [0.15, 0.2) is 0 Å². The van der Waals surface area contributed by atoms with Crippen LogP contribution in [-0.2, 0) is 24.3 Å². The third-order valence-electron chi connectivity index (χ3n) is 5.08. The number of nitrogens with zero attached hydrogens (tertiary/aromatic N) is 1. The smallest absolute Gasteiger partial charge is 0.338 e. The second-order valence-corrected chi connectivity index (χ2v) is 9.04. The second-order valence-electron chi connectivity index (χ2n) is 7.35. The van der Waals surface area contributed by atoms with Gasteiger partial charge in [0.1, 0.15) is 0 Å². The molecule has 1 aliphatic rings. The van der Waals surface area contributed by atoms with Crippen molar-refractivity contribution < 1.29 is 32.6 Å². The molecule has 1 unspecified atom stereocenters. The minimum Gasteiger partial charge on any atom is -0.481 e. The van der Waals surface area contributed by atoms with E-state index in [0.717, 1.165) is 0 Å². The summed E-state index contributed by atoms with van der Waals surface area (Å²) in [4.78, 5) is 36.6. The van der Waals surface area contributed by atoms with Gasteiger partial charge < -0.3 is 20.1 Å². The Labute approximate surface area is 191 Å². The van der Waals surface area contributed by atoms with E-state index in [4.69, 9.17) is 9.84 Å². The fourth-order valence-corrected chi connectivity index (χ4v) is 4.52. The van der Waals surface area contributed by atoms with Gasteiger partial charge in [-0.05, 0) is 56.3 Å². The number of aliphatic carboxylic acids is 1. The molecule has 2 aromatic rings. The first kappa shape index (κ1) is 24.1. The molecule has 3 rings (SSSR count). The number of anilines is 3. The van der Waals surface area contributed by atoms with Crippen molar-refractivity contribution in [3.8, 4) is 0 Å². The van der Waals surface area contributed by atoms with Crippen LogP contribution >= 0.6 is 0 Å². The molecule has 1 atom stereocenters. The number of carboxylic acid groups (broad SMARTS) is 1. The molecule has 2 aromatic carbocycles. The first-order valence-electron chi connectivity index (χ1n) is 10.4. The van der Waals surface area contributed by atoms with Crippen molar-refractivity contribution in [3.63, 3.8) is 0 Å². The van der Waals surface area contributed by atoms with Crippen molar-refractivity contribution in [2.24, 2.45) is 5.92 Å². The number of esters is 1. The van der Waals surface area contributed by atoms with Crippen molar-refractivity contribution in [1.29, 1.82) is 0 Å². The SMILES string of the molecule is CCNc1ccc(C(=O)OCC)cc1NS(=O)(=O)c1ccc(N2CC(C(=O)O)CC2=O)cc1. The fourth-order valence-electron chi connectivity index (χ4n) is 3.45. The molecule has 1 saturated heterocycles. The number of benzene rings is 2. The third-order valence-corrected chi connectivity index (χ3v) is 6.46. The highest BCUT2D eigenvalue weighted by Crippen LogP contribution is 2.29. The van der Waals surface area contributed by atoms with Crippen LogP contribution in [0, 0.1) is 5.92 Å². The average molecular weight is 476 g/mol. The van der Waals surface area contributed by atoms with Gasteiger partial charge in [0, 0.05) is 25.2 Å². The van der Waals surface area contributed by atoms with E-state index in [1.54, 1.807) is 19.1 Å². The lowest BCUT2D eigenvalue weighted by molar-refractivity contribution is -0.141. The number of hydrogen-bond acceptors (Lipinski definition) is 7. The lowest BCUT2D eigenvalue weighted by Gasteiger charge is -2.17. The van der Waals surface area contributed by atoms with Crippen LogP contribution in [0.2, 0.25) is 0 Å². The standard InChI is InChI=1S/C22H25N3O7S/c1-3-23-18-10-5-14(22(29)32-4-2)11-19(18)24-33(30,31)17-8-6-16(7-9-17)25-13-15(21(27)28)12-20(25)26/h5-11,15,23-24H,3-4,12-13H2,1-2H3,(H,27,28). The predicted octanol–water partition coefficient (Wildman–Crippen LogP) is 2.53. The summed E-state index contributed by atoms with van der Waals surface area (Å²) in [5, 5.41) is 12.2. The Balaban J connectivity index is 1.84. The van der Waals surface area contributed by atoms with E-state index in [9.17, 15) is 22.8 Å². The van der Waals surface area contributed by atoms with Gasteiger partial charge in [-0.1, -0.05) is 0 Å². The number of carboxylic acids is 1. The summed E-state index contributed by atoms with van der Waals surface area (Å²) >= 11 is 0. The molecule has 1 aliphatic heterocycles. The van der Waals surface area contributed by atoms with E-state index in [-0.39, 0.29) is 41.6 Å². The molecule has 176 valence electrons. The lowest BCUT2D eigenvalue weighted by atomic mass is 10.1. The summed E-state index contributed by atoms with van der Waals surface area (Å²) in [6, 6.07) is 10.1. The van der Waals surface area contributed by atoms with Crippen LogP contribution in [-0.4, -0.2) is 51.1 Å². The molecule has 0 aromatic heterocycles. The number of carbonyl (C=O) groups is 3. The summed E-state index contributed by atoms with van der Waals surface area (Å²) < 4.78 is 33.5. The van der Waals surface area contributed by atoms with Gasteiger partial charge in [0.2, 0.25) is 5.91 Å².